The van der Waals surface area contributed by atoms with Gasteiger partial charge in [-0.2, -0.15) is 0 Å². The Morgan fingerprint density at radius 2 is 2.00 bits per heavy atom. The largest absolute Gasteiger partial charge is 0.361 e. The van der Waals surface area contributed by atoms with E-state index in [4.69, 9.17) is 4.52 Å². The lowest BCUT2D eigenvalue weighted by Crippen LogP contribution is -2.46. The predicted molar refractivity (Wildman–Crippen MR) is 84.0 cm³/mol. The van der Waals surface area contributed by atoms with Crippen molar-refractivity contribution in [1.29, 1.82) is 0 Å². The predicted octanol–water partition coefficient (Wildman–Crippen LogP) is 1.54. The summed E-state index contributed by atoms with van der Waals surface area (Å²) in [5, 5.41) is 4.02. The van der Waals surface area contributed by atoms with Crippen molar-refractivity contribution in [3.8, 4) is 0 Å². The van der Waals surface area contributed by atoms with Crippen molar-refractivity contribution in [1.82, 2.24) is 14.4 Å². The third-order valence-corrected chi connectivity index (χ3v) is 6.43. The Labute approximate surface area is 132 Å². The molecule has 3 rings (SSSR count). The molecular formula is C15H25N3O3S. The van der Waals surface area contributed by atoms with Crippen LogP contribution in [-0.4, -0.2) is 55.2 Å². The summed E-state index contributed by atoms with van der Waals surface area (Å²) in [6.07, 6.45) is 4.48. The second-order valence-corrected chi connectivity index (χ2v) is 8.95. The first-order valence-electron chi connectivity index (χ1n) is 7.88. The van der Waals surface area contributed by atoms with Crippen molar-refractivity contribution in [2.75, 3.05) is 32.4 Å². The zero-order valence-corrected chi connectivity index (χ0v) is 14.4. The molecule has 6 nitrogen and oxygen atoms in total. The number of aromatic nitrogens is 1. The summed E-state index contributed by atoms with van der Waals surface area (Å²) in [6, 6.07) is 0. The molecule has 22 heavy (non-hydrogen) atoms. The number of rotatable bonds is 3. The molecule has 1 aromatic rings. The van der Waals surface area contributed by atoms with Gasteiger partial charge in [-0.15, -0.1) is 0 Å². The molecule has 0 amide bonds. The summed E-state index contributed by atoms with van der Waals surface area (Å²) in [6.45, 7) is 8.10. The van der Waals surface area contributed by atoms with E-state index >= 15 is 0 Å². The van der Waals surface area contributed by atoms with Crippen molar-refractivity contribution < 1.29 is 12.9 Å². The van der Waals surface area contributed by atoms with Gasteiger partial charge < -0.3 is 4.52 Å². The minimum Gasteiger partial charge on any atom is -0.361 e. The molecule has 7 heteroatoms. The van der Waals surface area contributed by atoms with E-state index in [1.165, 1.54) is 11.8 Å². The first-order valence-corrected chi connectivity index (χ1v) is 9.73. The molecule has 2 saturated heterocycles. The van der Waals surface area contributed by atoms with Gasteiger partial charge in [-0.25, -0.2) is 12.7 Å². The maximum Gasteiger partial charge on any atom is 0.211 e. The van der Waals surface area contributed by atoms with E-state index in [9.17, 15) is 8.42 Å². The van der Waals surface area contributed by atoms with Crippen molar-refractivity contribution in [3.05, 3.63) is 17.0 Å². The zero-order chi connectivity index (χ0) is 16.0. The Bertz CT molecular complexity index is 635. The molecule has 124 valence electrons. The van der Waals surface area contributed by atoms with Gasteiger partial charge in [0.05, 0.1) is 11.9 Å². The third-order valence-electron chi connectivity index (χ3n) is 5.18. The molecule has 1 atom stereocenters. The van der Waals surface area contributed by atoms with Crippen molar-refractivity contribution in [2.45, 2.75) is 39.7 Å². The lowest BCUT2D eigenvalue weighted by atomic mass is 9.80. The first-order chi connectivity index (χ1) is 10.3. The molecule has 3 heterocycles. The van der Waals surface area contributed by atoms with Gasteiger partial charge in [-0.3, -0.25) is 4.90 Å². The summed E-state index contributed by atoms with van der Waals surface area (Å²) in [7, 11) is -3.08. The standard InChI is InChI=1S/C15H25N3O3S/c1-12-14(13(2)21-16-12)9-17-8-6-15(10-17)5-4-7-18(11-15)22(3,19)20/h4-11H2,1-3H3/t15-/m0/s1. The van der Waals surface area contributed by atoms with Crippen LogP contribution in [0.3, 0.4) is 0 Å². The Hall–Kier alpha value is -0.920. The topological polar surface area (TPSA) is 66.7 Å². The fraction of sp³-hybridized carbons (Fsp3) is 0.800. The fourth-order valence-corrected chi connectivity index (χ4v) is 4.86. The molecule has 0 radical (unpaired) electrons. The van der Waals surface area contributed by atoms with Crippen LogP contribution in [0.5, 0.6) is 0 Å². The Morgan fingerprint density at radius 3 is 2.64 bits per heavy atom. The van der Waals surface area contributed by atoms with E-state index in [1.54, 1.807) is 4.31 Å². The van der Waals surface area contributed by atoms with E-state index in [0.717, 1.165) is 50.4 Å². The zero-order valence-electron chi connectivity index (χ0n) is 13.6. The van der Waals surface area contributed by atoms with Gasteiger partial charge in [-0.05, 0) is 45.1 Å². The number of nitrogens with zero attached hydrogens (tertiary/aromatic N) is 3. The monoisotopic (exact) mass is 327 g/mol. The molecule has 0 bridgehead atoms. The molecule has 2 aliphatic heterocycles. The molecule has 0 N–H and O–H groups in total. The Balaban J connectivity index is 1.69. The fourth-order valence-electron chi connectivity index (χ4n) is 3.89. The second kappa shape index (κ2) is 5.62. The first kappa shape index (κ1) is 16.0. The van der Waals surface area contributed by atoms with Crippen molar-refractivity contribution >= 4 is 10.0 Å². The molecule has 0 saturated carbocycles. The number of aryl methyl sites for hydroxylation is 2. The van der Waals surface area contributed by atoms with Gasteiger partial charge in [0.2, 0.25) is 10.0 Å². The highest BCUT2D eigenvalue weighted by molar-refractivity contribution is 7.88. The van der Waals surface area contributed by atoms with Gasteiger partial charge in [0.25, 0.3) is 0 Å². The quantitative estimate of drug-likeness (QED) is 0.842. The van der Waals surface area contributed by atoms with Crippen LogP contribution < -0.4 is 0 Å². The maximum absolute atomic E-state index is 11.8. The number of piperidine rings is 1. The number of hydrogen-bond donors (Lipinski definition) is 0. The van der Waals surface area contributed by atoms with Crippen molar-refractivity contribution in [3.63, 3.8) is 0 Å². The highest BCUT2D eigenvalue weighted by Crippen LogP contribution is 2.40. The minimum atomic E-state index is -3.08. The summed E-state index contributed by atoms with van der Waals surface area (Å²) in [5.41, 5.74) is 2.26. The van der Waals surface area contributed by atoms with E-state index in [-0.39, 0.29) is 5.41 Å². The van der Waals surface area contributed by atoms with Gasteiger partial charge in [0, 0.05) is 31.7 Å². The van der Waals surface area contributed by atoms with Crippen LogP contribution in [0.1, 0.15) is 36.3 Å². The molecule has 0 unspecified atom stereocenters. The highest BCUT2D eigenvalue weighted by Gasteiger charge is 2.43. The molecule has 0 aliphatic carbocycles. The van der Waals surface area contributed by atoms with Gasteiger partial charge >= 0.3 is 0 Å². The molecule has 0 aromatic carbocycles. The van der Waals surface area contributed by atoms with Crippen LogP contribution >= 0.6 is 0 Å². The van der Waals surface area contributed by atoms with E-state index in [1.807, 2.05) is 13.8 Å². The van der Waals surface area contributed by atoms with Crippen LogP contribution in [-0.2, 0) is 16.6 Å². The summed E-state index contributed by atoms with van der Waals surface area (Å²) < 4.78 is 30.6. The van der Waals surface area contributed by atoms with Gasteiger partial charge in [-0.1, -0.05) is 5.16 Å². The molecule has 2 fully saturated rings. The Kier molecular flexibility index (Phi) is 4.07. The van der Waals surface area contributed by atoms with Crippen LogP contribution in [0.2, 0.25) is 0 Å². The van der Waals surface area contributed by atoms with Crippen LogP contribution in [0, 0.1) is 19.3 Å². The van der Waals surface area contributed by atoms with E-state index in [0.29, 0.717) is 13.1 Å². The van der Waals surface area contributed by atoms with E-state index in [2.05, 4.69) is 10.1 Å². The van der Waals surface area contributed by atoms with Gasteiger partial charge in [0.1, 0.15) is 5.76 Å². The number of sulfonamides is 1. The van der Waals surface area contributed by atoms with E-state index < -0.39 is 10.0 Å². The number of likely N-dealkylation sites (tertiary alicyclic amines) is 1. The van der Waals surface area contributed by atoms with Crippen LogP contribution in [0.4, 0.5) is 0 Å². The summed E-state index contributed by atoms with van der Waals surface area (Å²) in [4.78, 5) is 2.41. The molecule has 1 aromatic heterocycles. The Morgan fingerprint density at radius 1 is 1.23 bits per heavy atom. The third kappa shape index (κ3) is 3.07. The van der Waals surface area contributed by atoms with Crippen LogP contribution in [0.25, 0.3) is 0 Å². The highest BCUT2D eigenvalue weighted by atomic mass is 32.2. The summed E-state index contributed by atoms with van der Waals surface area (Å²) in [5.74, 6) is 0.889. The lowest BCUT2D eigenvalue weighted by molar-refractivity contribution is 0.147. The molecule has 1 spiro atoms. The van der Waals surface area contributed by atoms with Gasteiger partial charge in [0.15, 0.2) is 0 Å². The second-order valence-electron chi connectivity index (χ2n) is 6.96. The minimum absolute atomic E-state index is 0.125. The normalized spacial score (nSPS) is 27.8. The molecular weight excluding hydrogens is 302 g/mol. The molecule has 2 aliphatic rings. The average molecular weight is 327 g/mol. The van der Waals surface area contributed by atoms with Crippen LogP contribution in [0.15, 0.2) is 4.52 Å². The lowest BCUT2D eigenvalue weighted by Gasteiger charge is -2.39. The maximum atomic E-state index is 11.8. The van der Waals surface area contributed by atoms with Crippen molar-refractivity contribution in [2.24, 2.45) is 5.41 Å². The number of hydrogen-bond acceptors (Lipinski definition) is 5. The smallest absolute Gasteiger partial charge is 0.211 e. The average Bonchev–Trinajstić information content (AvgIpc) is 2.97. The summed E-state index contributed by atoms with van der Waals surface area (Å²) >= 11 is 0. The SMILES string of the molecule is Cc1noc(C)c1CN1CC[C@@]2(CCCN(S(C)(=O)=O)C2)C1.